The quantitative estimate of drug-likeness (QED) is 0.533. The van der Waals surface area contributed by atoms with Crippen LogP contribution in [0.2, 0.25) is 4.34 Å². The summed E-state index contributed by atoms with van der Waals surface area (Å²) in [4.78, 5) is 39.4. The molecule has 0 spiro atoms. The second-order valence-corrected chi connectivity index (χ2v) is 9.21. The molecule has 1 aliphatic rings. The highest BCUT2D eigenvalue weighted by Crippen LogP contribution is 2.29. The van der Waals surface area contributed by atoms with Crippen molar-refractivity contribution in [2.24, 2.45) is 7.05 Å². The summed E-state index contributed by atoms with van der Waals surface area (Å²) in [7, 11) is 1.71. The van der Waals surface area contributed by atoms with E-state index in [9.17, 15) is 14.4 Å². The first-order chi connectivity index (χ1) is 16.3. The van der Waals surface area contributed by atoms with Gasteiger partial charge in [-0.15, -0.1) is 0 Å². The lowest BCUT2D eigenvalue weighted by atomic mass is 10.1. The highest BCUT2D eigenvalue weighted by molar-refractivity contribution is 7.17. The second kappa shape index (κ2) is 10.2. The molecule has 1 aromatic carbocycles. The smallest absolute Gasteiger partial charge is 0.399 e. The number of anilines is 2. The molecule has 1 unspecified atom stereocenters. The van der Waals surface area contributed by atoms with Crippen LogP contribution >= 0.6 is 22.9 Å². The lowest BCUT2D eigenvalue weighted by molar-refractivity contribution is -0.125. The normalized spacial score (nSPS) is 14.6. The van der Waals surface area contributed by atoms with Crippen LogP contribution in [0.5, 0.6) is 5.06 Å². The number of halogens is 1. The number of aryl methyl sites for hydroxylation is 2. The lowest BCUT2D eigenvalue weighted by Gasteiger charge is -2.28. The molecule has 3 aromatic rings. The van der Waals surface area contributed by atoms with E-state index >= 15 is 0 Å². The van der Waals surface area contributed by atoms with Crippen molar-refractivity contribution < 1.29 is 23.9 Å². The predicted molar refractivity (Wildman–Crippen MR) is 127 cm³/mol. The number of benzene rings is 1. The zero-order valence-corrected chi connectivity index (χ0v) is 20.0. The maximum Gasteiger partial charge on any atom is 0.414 e. The highest BCUT2D eigenvalue weighted by Gasteiger charge is 2.27. The summed E-state index contributed by atoms with van der Waals surface area (Å²) in [6.07, 6.45) is 0.849. The average Bonchev–Trinajstić information content (AvgIpc) is 3.40. The Labute approximate surface area is 204 Å². The minimum atomic E-state index is -1.11. The van der Waals surface area contributed by atoms with Crippen molar-refractivity contribution in [3.63, 3.8) is 0 Å². The molecular formula is C22H22ClN5O5S. The van der Waals surface area contributed by atoms with E-state index in [0.29, 0.717) is 33.9 Å². The third kappa shape index (κ3) is 5.56. The number of ether oxygens (including phenoxy) is 2. The number of carbonyl (C=O) groups excluding carboxylic acids is 3. The number of hydrogen-bond acceptors (Lipinski definition) is 7. The summed E-state index contributed by atoms with van der Waals surface area (Å²) in [5.41, 5.74) is 2.41. The fraction of sp³-hybridized carbons (Fsp3) is 0.273. The van der Waals surface area contributed by atoms with E-state index in [0.717, 1.165) is 22.6 Å². The molecule has 0 radical (unpaired) electrons. The largest absolute Gasteiger partial charge is 0.414 e. The maximum atomic E-state index is 13.1. The summed E-state index contributed by atoms with van der Waals surface area (Å²) < 4.78 is 12.4. The predicted octanol–water partition coefficient (Wildman–Crippen LogP) is 3.28. The van der Waals surface area contributed by atoms with Gasteiger partial charge in [-0.2, -0.15) is 5.10 Å². The molecule has 34 heavy (non-hydrogen) atoms. The topological polar surface area (TPSA) is 115 Å². The van der Waals surface area contributed by atoms with E-state index < -0.39 is 18.0 Å². The Morgan fingerprint density at radius 1 is 1.26 bits per heavy atom. The molecular weight excluding hydrogens is 482 g/mol. The number of rotatable bonds is 6. The van der Waals surface area contributed by atoms with E-state index in [1.165, 1.54) is 4.68 Å². The molecule has 3 amide bonds. The average molecular weight is 504 g/mol. The molecule has 2 aromatic heterocycles. The molecule has 1 aliphatic heterocycles. The van der Waals surface area contributed by atoms with Gasteiger partial charge in [0, 0.05) is 31.2 Å². The second-order valence-electron chi connectivity index (χ2n) is 7.53. The Morgan fingerprint density at radius 2 is 2.09 bits per heavy atom. The zero-order chi connectivity index (χ0) is 24.2. The van der Waals surface area contributed by atoms with E-state index in [-0.39, 0.29) is 12.5 Å². The van der Waals surface area contributed by atoms with E-state index in [1.807, 2.05) is 6.92 Å². The van der Waals surface area contributed by atoms with Gasteiger partial charge in [-0.1, -0.05) is 22.9 Å². The Kier molecular flexibility index (Phi) is 7.15. The van der Waals surface area contributed by atoms with Gasteiger partial charge < -0.3 is 25.0 Å². The van der Waals surface area contributed by atoms with Crippen LogP contribution < -0.4 is 20.3 Å². The van der Waals surface area contributed by atoms with E-state index in [1.54, 1.807) is 54.5 Å². The van der Waals surface area contributed by atoms with Crippen LogP contribution in [-0.2, 0) is 21.4 Å². The van der Waals surface area contributed by atoms with Crippen LogP contribution in [0, 0.1) is 6.92 Å². The SMILES string of the molecule is Cc1cc(NC(=O)C(NC(=O)Oc2ccc(Cl)s2)c2ccn(C)n2)ccc1N1CCOCC1=O. The highest BCUT2D eigenvalue weighted by atomic mass is 35.5. The molecule has 12 heteroatoms. The van der Waals surface area contributed by atoms with Crippen molar-refractivity contribution in [1.82, 2.24) is 15.1 Å². The van der Waals surface area contributed by atoms with Crippen LogP contribution in [0.15, 0.2) is 42.6 Å². The Morgan fingerprint density at radius 3 is 2.74 bits per heavy atom. The number of aromatic nitrogens is 2. The van der Waals surface area contributed by atoms with E-state index in [2.05, 4.69) is 15.7 Å². The summed E-state index contributed by atoms with van der Waals surface area (Å²) in [6, 6.07) is 8.92. The van der Waals surface area contributed by atoms with Gasteiger partial charge in [0.05, 0.1) is 16.6 Å². The van der Waals surface area contributed by atoms with Gasteiger partial charge in [-0.3, -0.25) is 14.3 Å². The standard InChI is InChI=1S/C22H22ClN5O5S/c1-13-11-14(3-4-16(13)28-9-10-32-12-18(28)29)24-21(30)20(15-7-8-27(2)26-15)25-22(31)33-19-6-5-17(23)34-19/h3-8,11,20H,9-10,12H2,1-2H3,(H,24,30)(H,25,31). The number of morpholine rings is 1. The summed E-state index contributed by atoms with van der Waals surface area (Å²) >= 11 is 6.97. The molecule has 2 N–H and O–H groups in total. The number of carbonyl (C=O) groups is 3. The first kappa shape index (κ1) is 23.7. The van der Waals surface area contributed by atoms with Gasteiger partial charge in [0.2, 0.25) is 0 Å². The van der Waals surface area contributed by atoms with Crippen LogP contribution in [0.4, 0.5) is 16.2 Å². The third-order valence-corrected chi connectivity index (χ3v) is 6.15. The molecule has 4 rings (SSSR count). The summed E-state index contributed by atoms with van der Waals surface area (Å²) in [6.45, 7) is 2.83. The number of hydrogen-bond donors (Lipinski definition) is 2. The first-order valence-electron chi connectivity index (χ1n) is 10.3. The van der Waals surface area contributed by atoms with Crippen LogP contribution in [0.25, 0.3) is 0 Å². The number of nitrogens with one attached hydrogen (secondary N) is 2. The molecule has 1 atom stereocenters. The van der Waals surface area contributed by atoms with Crippen molar-refractivity contribution in [1.29, 1.82) is 0 Å². The molecule has 0 saturated carbocycles. The molecule has 1 fully saturated rings. The molecule has 0 bridgehead atoms. The zero-order valence-electron chi connectivity index (χ0n) is 18.4. The number of amides is 3. The van der Waals surface area contributed by atoms with Gasteiger partial charge in [-0.25, -0.2) is 4.79 Å². The van der Waals surface area contributed by atoms with Gasteiger partial charge in [-0.05, 0) is 48.9 Å². The molecule has 178 valence electrons. The fourth-order valence-electron chi connectivity index (χ4n) is 3.48. The van der Waals surface area contributed by atoms with Crippen LogP contribution in [0.3, 0.4) is 0 Å². The van der Waals surface area contributed by atoms with E-state index in [4.69, 9.17) is 21.1 Å². The summed E-state index contributed by atoms with van der Waals surface area (Å²) in [5, 5.41) is 9.90. The van der Waals surface area contributed by atoms with Crippen LogP contribution in [0.1, 0.15) is 17.3 Å². The Hall–Kier alpha value is -3.41. The van der Waals surface area contributed by atoms with Gasteiger partial charge >= 0.3 is 6.09 Å². The number of thiophene rings is 1. The fourth-order valence-corrected chi connectivity index (χ4v) is 4.35. The van der Waals surface area contributed by atoms with Crippen molar-refractivity contribution in [2.45, 2.75) is 13.0 Å². The molecule has 1 saturated heterocycles. The Bertz CT molecular complexity index is 1230. The Balaban J connectivity index is 1.49. The van der Waals surface area contributed by atoms with Crippen molar-refractivity contribution in [3.8, 4) is 5.06 Å². The monoisotopic (exact) mass is 503 g/mol. The van der Waals surface area contributed by atoms with Gasteiger partial charge in [0.15, 0.2) is 11.1 Å². The van der Waals surface area contributed by atoms with Gasteiger partial charge in [0.1, 0.15) is 6.61 Å². The summed E-state index contributed by atoms with van der Waals surface area (Å²) in [5.74, 6) is -0.620. The molecule has 10 nitrogen and oxygen atoms in total. The molecule has 3 heterocycles. The lowest BCUT2D eigenvalue weighted by Crippen LogP contribution is -2.42. The van der Waals surface area contributed by atoms with Crippen molar-refractivity contribution in [3.05, 3.63) is 58.2 Å². The van der Waals surface area contributed by atoms with Crippen molar-refractivity contribution >= 4 is 52.2 Å². The van der Waals surface area contributed by atoms with Crippen LogP contribution in [-0.4, -0.2) is 47.4 Å². The van der Waals surface area contributed by atoms with Gasteiger partial charge in [0.25, 0.3) is 11.8 Å². The first-order valence-corrected chi connectivity index (χ1v) is 11.5. The van der Waals surface area contributed by atoms with Crippen molar-refractivity contribution in [2.75, 3.05) is 30.0 Å². The third-order valence-electron chi connectivity index (χ3n) is 5.04. The maximum absolute atomic E-state index is 13.1. The molecule has 0 aliphatic carbocycles. The minimum absolute atomic E-state index is 0.0448. The number of nitrogens with zero attached hydrogens (tertiary/aromatic N) is 3. The minimum Gasteiger partial charge on any atom is -0.399 e.